The first-order valence-electron chi connectivity index (χ1n) is 6.15. The predicted molar refractivity (Wildman–Crippen MR) is 71.8 cm³/mol. The molecule has 1 aromatic rings. The molecule has 0 aliphatic carbocycles. The minimum Gasteiger partial charge on any atom is -0.396 e. The number of nitrogens with one attached hydrogen (secondary N) is 1. The summed E-state index contributed by atoms with van der Waals surface area (Å²) >= 11 is 6.22. The van der Waals surface area contributed by atoms with Gasteiger partial charge in [-0.05, 0) is 31.5 Å². The van der Waals surface area contributed by atoms with E-state index in [2.05, 4.69) is 16.3 Å². The van der Waals surface area contributed by atoms with Crippen LogP contribution in [-0.2, 0) is 0 Å². The third kappa shape index (κ3) is 3.35. The Bertz CT molecular complexity index is 359. The van der Waals surface area contributed by atoms with E-state index in [0.717, 1.165) is 43.2 Å². The summed E-state index contributed by atoms with van der Waals surface area (Å²) in [5, 5.41) is 13.3. The van der Waals surface area contributed by atoms with Crippen LogP contribution < -0.4 is 10.2 Å². The summed E-state index contributed by atoms with van der Waals surface area (Å²) in [7, 11) is 0. The van der Waals surface area contributed by atoms with Crippen molar-refractivity contribution >= 4 is 17.3 Å². The van der Waals surface area contributed by atoms with E-state index in [-0.39, 0.29) is 6.61 Å². The Hall–Kier alpha value is -0.770. The summed E-state index contributed by atoms with van der Waals surface area (Å²) in [6.07, 6.45) is 1.90. The third-order valence-electron chi connectivity index (χ3n) is 3.15. The van der Waals surface area contributed by atoms with Gasteiger partial charge in [-0.3, -0.25) is 0 Å². The average Bonchev–Trinajstić information content (AvgIpc) is 2.56. The van der Waals surface area contributed by atoms with Crippen molar-refractivity contribution in [1.82, 2.24) is 5.32 Å². The molecule has 1 saturated heterocycles. The van der Waals surface area contributed by atoms with Crippen LogP contribution in [0.15, 0.2) is 24.3 Å². The van der Waals surface area contributed by atoms with Crippen LogP contribution in [0.4, 0.5) is 5.69 Å². The van der Waals surface area contributed by atoms with Crippen LogP contribution in [0.5, 0.6) is 0 Å². The fourth-order valence-electron chi connectivity index (χ4n) is 2.27. The highest BCUT2D eigenvalue weighted by Gasteiger charge is 2.18. The van der Waals surface area contributed by atoms with Gasteiger partial charge in [0.25, 0.3) is 0 Å². The van der Waals surface area contributed by atoms with Crippen LogP contribution in [0.1, 0.15) is 12.8 Å². The van der Waals surface area contributed by atoms with Gasteiger partial charge in [-0.15, -0.1) is 0 Å². The molecule has 1 unspecified atom stereocenters. The van der Waals surface area contributed by atoms with Gasteiger partial charge in [0.2, 0.25) is 0 Å². The summed E-state index contributed by atoms with van der Waals surface area (Å²) in [6.45, 7) is 3.16. The zero-order valence-electron chi connectivity index (χ0n) is 9.90. The Labute approximate surface area is 107 Å². The van der Waals surface area contributed by atoms with Gasteiger partial charge >= 0.3 is 0 Å². The maximum absolute atomic E-state index is 9.04. The number of hydrogen-bond acceptors (Lipinski definition) is 3. The number of benzene rings is 1. The van der Waals surface area contributed by atoms with Crippen molar-refractivity contribution in [3.05, 3.63) is 29.3 Å². The Morgan fingerprint density at radius 1 is 1.41 bits per heavy atom. The van der Waals surface area contributed by atoms with Crippen molar-refractivity contribution in [2.24, 2.45) is 0 Å². The van der Waals surface area contributed by atoms with E-state index in [0.29, 0.717) is 6.04 Å². The van der Waals surface area contributed by atoms with E-state index < -0.39 is 0 Å². The van der Waals surface area contributed by atoms with E-state index in [4.69, 9.17) is 16.7 Å². The summed E-state index contributed by atoms with van der Waals surface area (Å²) in [4.78, 5) is 2.31. The first-order chi connectivity index (χ1) is 8.31. The molecular weight excluding hydrogens is 236 g/mol. The predicted octanol–water partition coefficient (Wildman–Crippen LogP) is 1.89. The van der Waals surface area contributed by atoms with Crippen molar-refractivity contribution in [2.45, 2.75) is 18.9 Å². The molecule has 0 bridgehead atoms. The van der Waals surface area contributed by atoms with E-state index >= 15 is 0 Å². The topological polar surface area (TPSA) is 35.5 Å². The molecule has 4 heteroatoms. The molecule has 0 amide bonds. The van der Waals surface area contributed by atoms with Crippen LogP contribution >= 0.6 is 11.6 Å². The maximum Gasteiger partial charge on any atom is 0.0639 e. The van der Waals surface area contributed by atoms with Gasteiger partial charge in [-0.1, -0.05) is 23.7 Å². The molecule has 1 aromatic carbocycles. The number of aliphatic hydroxyl groups is 1. The lowest BCUT2D eigenvalue weighted by Crippen LogP contribution is -2.38. The molecule has 0 aromatic heterocycles. The molecule has 17 heavy (non-hydrogen) atoms. The largest absolute Gasteiger partial charge is 0.396 e. The third-order valence-corrected chi connectivity index (χ3v) is 3.47. The van der Waals surface area contributed by atoms with Crippen LogP contribution in [0.2, 0.25) is 5.02 Å². The summed E-state index contributed by atoms with van der Waals surface area (Å²) < 4.78 is 0. The molecule has 1 atom stereocenters. The highest BCUT2D eigenvalue weighted by atomic mass is 35.5. The van der Waals surface area contributed by atoms with Crippen molar-refractivity contribution < 1.29 is 5.11 Å². The van der Waals surface area contributed by atoms with Crippen molar-refractivity contribution in [3.63, 3.8) is 0 Å². The number of halogens is 1. The number of para-hydroxylation sites is 1. The van der Waals surface area contributed by atoms with Crippen molar-refractivity contribution in [2.75, 3.05) is 31.1 Å². The van der Waals surface area contributed by atoms with Gasteiger partial charge in [0.05, 0.1) is 10.7 Å². The maximum atomic E-state index is 9.04. The quantitative estimate of drug-likeness (QED) is 0.865. The minimum absolute atomic E-state index is 0.230. The summed E-state index contributed by atoms with van der Waals surface area (Å²) in [6, 6.07) is 8.30. The van der Waals surface area contributed by atoms with Gasteiger partial charge in [-0.25, -0.2) is 0 Å². The molecule has 2 N–H and O–H groups in total. The van der Waals surface area contributed by atoms with Gasteiger partial charge in [0.15, 0.2) is 0 Å². The first-order valence-corrected chi connectivity index (χ1v) is 6.53. The molecule has 0 spiro atoms. The molecule has 0 saturated carbocycles. The molecule has 1 aliphatic heterocycles. The fourth-order valence-corrected chi connectivity index (χ4v) is 2.53. The lowest BCUT2D eigenvalue weighted by Gasteiger charge is -2.27. The molecule has 1 heterocycles. The minimum atomic E-state index is 0.230. The van der Waals surface area contributed by atoms with Gasteiger partial charge in [-0.2, -0.15) is 0 Å². The van der Waals surface area contributed by atoms with E-state index in [9.17, 15) is 0 Å². The van der Waals surface area contributed by atoms with Crippen LogP contribution in [0.3, 0.4) is 0 Å². The second-order valence-electron chi connectivity index (χ2n) is 4.41. The standard InChI is InChI=1S/C13H19ClN2O/c14-12-4-1-2-5-13(12)16-8-3-7-15-11(10-16)6-9-17/h1-2,4-5,11,15,17H,3,6-10H2. The van der Waals surface area contributed by atoms with Gasteiger partial charge in [0.1, 0.15) is 0 Å². The molecule has 0 radical (unpaired) electrons. The smallest absolute Gasteiger partial charge is 0.0639 e. The van der Waals surface area contributed by atoms with Crippen molar-refractivity contribution in [3.8, 4) is 0 Å². The van der Waals surface area contributed by atoms with Crippen LogP contribution in [0.25, 0.3) is 0 Å². The number of aliphatic hydroxyl groups excluding tert-OH is 1. The molecule has 2 rings (SSSR count). The van der Waals surface area contributed by atoms with Crippen LogP contribution in [0, 0.1) is 0 Å². The summed E-state index contributed by atoms with van der Waals surface area (Å²) in [5.41, 5.74) is 1.10. The lowest BCUT2D eigenvalue weighted by molar-refractivity contribution is 0.267. The molecule has 1 aliphatic rings. The first kappa shape index (κ1) is 12.7. The monoisotopic (exact) mass is 254 g/mol. The molecular formula is C13H19ClN2O. The Balaban J connectivity index is 2.11. The highest BCUT2D eigenvalue weighted by molar-refractivity contribution is 6.33. The second kappa shape index (κ2) is 6.24. The van der Waals surface area contributed by atoms with Gasteiger partial charge < -0.3 is 15.3 Å². The zero-order chi connectivity index (χ0) is 12.1. The normalized spacial score (nSPS) is 21.3. The van der Waals surface area contributed by atoms with E-state index in [1.54, 1.807) is 0 Å². The molecule has 3 nitrogen and oxygen atoms in total. The zero-order valence-corrected chi connectivity index (χ0v) is 10.7. The number of nitrogens with zero attached hydrogens (tertiary/aromatic N) is 1. The summed E-state index contributed by atoms with van der Waals surface area (Å²) in [5.74, 6) is 0. The fraction of sp³-hybridized carbons (Fsp3) is 0.538. The lowest BCUT2D eigenvalue weighted by atomic mass is 10.2. The Morgan fingerprint density at radius 3 is 3.00 bits per heavy atom. The SMILES string of the molecule is OCCC1CN(c2ccccc2Cl)CCCN1. The molecule has 94 valence electrons. The average molecular weight is 255 g/mol. The number of rotatable bonds is 3. The van der Waals surface area contributed by atoms with Crippen LogP contribution in [-0.4, -0.2) is 37.4 Å². The van der Waals surface area contributed by atoms with Crippen molar-refractivity contribution in [1.29, 1.82) is 0 Å². The highest BCUT2D eigenvalue weighted by Crippen LogP contribution is 2.26. The second-order valence-corrected chi connectivity index (χ2v) is 4.82. The Morgan fingerprint density at radius 2 is 2.24 bits per heavy atom. The van der Waals surface area contributed by atoms with E-state index in [1.165, 1.54) is 0 Å². The molecule has 1 fully saturated rings. The van der Waals surface area contributed by atoms with Gasteiger partial charge in [0, 0.05) is 25.7 Å². The number of anilines is 1. The van der Waals surface area contributed by atoms with E-state index in [1.807, 2.05) is 18.2 Å². The number of hydrogen-bond donors (Lipinski definition) is 2. The Kier molecular flexibility index (Phi) is 4.66.